The van der Waals surface area contributed by atoms with Crippen molar-refractivity contribution < 1.29 is 0 Å². The predicted octanol–water partition coefficient (Wildman–Crippen LogP) is 1.35. The SMILES string of the molecule is CN.CNCc1ccsc1C. The number of hydrogen-bond acceptors (Lipinski definition) is 3. The number of rotatable bonds is 2. The van der Waals surface area contributed by atoms with Crippen LogP contribution in [0, 0.1) is 6.92 Å². The minimum absolute atomic E-state index is 0.995. The second-order valence-corrected chi connectivity index (χ2v) is 3.15. The third-order valence-corrected chi connectivity index (χ3v) is 2.22. The summed E-state index contributed by atoms with van der Waals surface area (Å²) in [5.74, 6) is 0. The number of hydrogen-bond donors (Lipinski definition) is 2. The van der Waals surface area contributed by atoms with Crippen molar-refractivity contribution in [3.8, 4) is 0 Å². The smallest absolute Gasteiger partial charge is 0.0213 e. The fourth-order valence-corrected chi connectivity index (χ4v) is 1.51. The molecule has 0 fully saturated rings. The fraction of sp³-hybridized carbons (Fsp3) is 0.500. The molecule has 0 saturated carbocycles. The van der Waals surface area contributed by atoms with Gasteiger partial charge >= 0.3 is 0 Å². The molecule has 0 spiro atoms. The van der Waals surface area contributed by atoms with Gasteiger partial charge in [0.1, 0.15) is 0 Å². The fourth-order valence-electron chi connectivity index (χ4n) is 0.785. The predicted molar refractivity (Wildman–Crippen MR) is 51.9 cm³/mol. The van der Waals surface area contributed by atoms with Gasteiger partial charge in [-0.15, -0.1) is 11.3 Å². The minimum atomic E-state index is 0.995. The van der Waals surface area contributed by atoms with Crippen LogP contribution in [0.1, 0.15) is 10.4 Å². The Hall–Kier alpha value is -0.380. The van der Waals surface area contributed by atoms with Crippen molar-refractivity contribution >= 4 is 11.3 Å². The Labute approximate surface area is 72.4 Å². The van der Waals surface area contributed by atoms with Gasteiger partial charge in [0.2, 0.25) is 0 Å². The van der Waals surface area contributed by atoms with Gasteiger partial charge in [-0.1, -0.05) is 0 Å². The highest BCUT2D eigenvalue weighted by Crippen LogP contribution is 2.13. The van der Waals surface area contributed by atoms with Gasteiger partial charge in [0, 0.05) is 11.4 Å². The first-order valence-corrected chi connectivity index (χ1v) is 4.48. The van der Waals surface area contributed by atoms with Crippen molar-refractivity contribution in [2.75, 3.05) is 14.1 Å². The quantitative estimate of drug-likeness (QED) is 0.706. The van der Waals surface area contributed by atoms with E-state index >= 15 is 0 Å². The first-order chi connectivity index (χ1) is 5.34. The summed E-state index contributed by atoms with van der Waals surface area (Å²) in [6, 6.07) is 2.16. The van der Waals surface area contributed by atoms with Crippen LogP contribution < -0.4 is 11.1 Å². The molecule has 11 heavy (non-hydrogen) atoms. The van der Waals surface area contributed by atoms with Crippen LogP contribution in [0.5, 0.6) is 0 Å². The number of thiophene rings is 1. The molecule has 0 aromatic carbocycles. The zero-order chi connectivity index (χ0) is 8.69. The Morgan fingerprint density at radius 2 is 2.18 bits per heavy atom. The van der Waals surface area contributed by atoms with Crippen molar-refractivity contribution in [3.63, 3.8) is 0 Å². The highest BCUT2D eigenvalue weighted by atomic mass is 32.1. The molecule has 1 aromatic rings. The van der Waals surface area contributed by atoms with Crippen LogP contribution in [0.4, 0.5) is 0 Å². The van der Waals surface area contributed by atoms with Crippen molar-refractivity contribution in [3.05, 3.63) is 21.9 Å². The van der Waals surface area contributed by atoms with Crippen molar-refractivity contribution in [2.24, 2.45) is 5.73 Å². The first kappa shape index (κ1) is 10.6. The lowest BCUT2D eigenvalue weighted by atomic mass is 10.3. The maximum absolute atomic E-state index is 4.50. The molecule has 3 heteroatoms. The van der Waals surface area contributed by atoms with Gasteiger partial charge < -0.3 is 11.1 Å². The van der Waals surface area contributed by atoms with Gasteiger partial charge in [-0.05, 0) is 38.0 Å². The third-order valence-electron chi connectivity index (χ3n) is 1.33. The van der Waals surface area contributed by atoms with Crippen LogP contribution in [0.3, 0.4) is 0 Å². The lowest BCUT2D eigenvalue weighted by Crippen LogP contribution is -2.04. The van der Waals surface area contributed by atoms with Gasteiger partial charge in [0.05, 0.1) is 0 Å². The molecule has 2 nitrogen and oxygen atoms in total. The zero-order valence-electron chi connectivity index (χ0n) is 7.35. The molecule has 1 heterocycles. The summed E-state index contributed by atoms with van der Waals surface area (Å²) in [4.78, 5) is 1.42. The van der Waals surface area contributed by atoms with Crippen LogP contribution in [0.2, 0.25) is 0 Å². The Kier molecular flexibility index (Phi) is 6.12. The second kappa shape index (κ2) is 6.34. The molecular weight excluding hydrogens is 156 g/mol. The molecule has 0 bridgehead atoms. The lowest BCUT2D eigenvalue weighted by molar-refractivity contribution is 0.817. The normalized spacial score (nSPS) is 8.73. The average Bonchev–Trinajstić information content (AvgIpc) is 2.42. The molecule has 64 valence electrons. The van der Waals surface area contributed by atoms with Gasteiger partial charge in [-0.25, -0.2) is 0 Å². The van der Waals surface area contributed by atoms with Gasteiger partial charge in [0.25, 0.3) is 0 Å². The molecule has 0 aliphatic heterocycles. The molecule has 1 rings (SSSR count). The molecule has 0 unspecified atom stereocenters. The average molecular weight is 172 g/mol. The molecule has 0 atom stereocenters. The van der Waals surface area contributed by atoms with E-state index in [4.69, 9.17) is 0 Å². The number of nitrogens with one attached hydrogen (secondary N) is 1. The van der Waals surface area contributed by atoms with Gasteiger partial charge in [-0.2, -0.15) is 0 Å². The summed E-state index contributed by atoms with van der Waals surface area (Å²) in [6.07, 6.45) is 0. The minimum Gasteiger partial charge on any atom is -0.333 e. The zero-order valence-corrected chi connectivity index (χ0v) is 8.16. The van der Waals surface area contributed by atoms with Crippen molar-refractivity contribution in [1.29, 1.82) is 0 Å². The monoisotopic (exact) mass is 172 g/mol. The highest BCUT2D eigenvalue weighted by Gasteiger charge is 1.94. The highest BCUT2D eigenvalue weighted by molar-refractivity contribution is 7.10. The van der Waals surface area contributed by atoms with E-state index in [1.54, 1.807) is 11.3 Å². The summed E-state index contributed by atoms with van der Waals surface area (Å²) in [5, 5.41) is 5.24. The molecule has 1 aromatic heterocycles. The number of aryl methyl sites for hydroxylation is 1. The standard InChI is InChI=1S/C7H11NS.CH5N/c1-6-7(5-8-2)3-4-9-6;1-2/h3-4,8H,5H2,1-2H3;2H2,1H3. The maximum atomic E-state index is 4.50. The lowest BCUT2D eigenvalue weighted by Gasteiger charge is -1.94. The van der Waals surface area contributed by atoms with Crippen LogP contribution in [0.15, 0.2) is 11.4 Å². The molecule has 0 saturated heterocycles. The van der Waals surface area contributed by atoms with Crippen molar-refractivity contribution in [1.82, 2.24) is 5.32 Å². The summed E-state index contributed by atoms with van der Waals surface area (Å²) in [7, 11) is 3.47. The molecule has 3 N–H and O–H groups in total. The van der Waals surface area contributed by atoms with E-state index < -0.39 is 0 Å². The van der Waals surface area contributed by atoms with E-state index in [1.807, 2.05) is 7.05 Å². The summed E-state index contributed by atoms with van der Waals surface area (Å²) in [5.41, 5.74) is 5.92. The largest absolute Gasteiger partial charge is 0.333 e. The Morgan fingerprint density at radius 3 is 2.55 bits per heavy atom. The molecule has 0 aliphatic carbocycles. The second-order valence-electron chi connectivity index (χ2n) is 2.03. The van der Waals surface area contributed by atoms with E-state index in [0.717, 1.165) is 6.54 Å². The van der Waals surface area contributed by atoms with Crippen LogP contribution in [-0.2, 0) is 6.54 Å². The van der Waals surface area contributed by atoms with E-state index in [2.05, 4.69) is 29.4 Å². The number of nitrogens with two attached hydrogens (primary N) is 1. The summed E-state index contributed by atoms with van der Waals surface area (Å²) >= 11 is 1.80. The van der Waals surface area contributed by atoms with Crippen molar-refractivity contribution in [2.45, 2.75) is 13.5 Å². The van der Waals surface area contributed by atoms with E-state index in [9.17, 15) is 0 Å². The van der Waals surface area contributed by atoms with Crippen LogP contribution in [-0.4, -0.2) is 14.1 Å². The first-order valence-electron chi connectivity index (χ1n) is 3.60. The third kappa shape index (κ3) is 3.51. The van der Waals surface area contributed by atoms with E-state index in [-0.39, 0.29) is 0 Å². The summed E-state index contributed by atoms with van der Waals surface area (Å²) < 4.78 is 0. The van der Waals surface area contributed by atoms with Crippen LogP contribution in [0.25, 0.3) is 0 Å². The Balaban J connectivity index is 0.000000461. The molecular formula is C8H16N2S. The topological polar surface area (TPSA) is 38.0 Å². The Bertz CT molecular complexity index is 184. The Morgan fingerprint density at radius 1 is 1.55 bits per heavy atom. The van der Waals surface area contributed by atoms with E-state index in [0.29, 0.717) is 0 Å². The summed E-state index contributed by atoms with van der Waals surface area (Å²) in [6.45, 7) is 3.15. The van der Waals surface area contributed by atoms with Gasteiger partial charge in [-0.3, -0.25) is 0 Å². The van der Waals surface area contributed by atoms with Gasteiger partial charge in [0.15, 0.2) is 0 Å². The maximum Gasteiger partial charge on any atom is 0.0213 e. The molecule has 0 amide bonds. The molecule has 0 aliphatic rings. The molecule has 0 radical (unpaired) electrons. The van der Waals surface area contributed by atoms with E-state index in [1.165, 1.54) is 17.5 Å². The van der Waals surface area contributed by atoms with Crippen LogP contribution >= 0.6 is 11.3 Å².